The first-order valence-corrected chi connectivity index (χ1v) is 10.2. The number of hydrogen-bond acceptors (Lipinski definition) is 3. The number of carbonyl (C=O) groups is 2. The lowest BCUT2D eigenvalue weighted by Crippen LogP contribution is -2.36. The van der Waals surface area contributed by atoms with Crippen molar-refractivity contribution in [3.05, 3.63) is 58.7 Å². The molecule has 29 heavy (non-hydrogen) atoms. The molecule has 1 atom stereocenters. The quantitative estimate of drug-likeness (QED) is 0.685. The molecule has 0 bridgehead atoms. The number of anilines is 2. The Morgan fingerprint density at radius 2 is 1.45 bits per heavy atom. The first kappa shape index (κ1) is 22.6. The molecule has 0 aliphatic carbocycles. The van der Waals surface area contributed by atoms with E-state index in [0.717, 1.165) is 28.9 Å². The normalized spacial score (nSPS) is 12.0. The summed E-state index contributed by atoms with van der Waals surface area (Å²) in [6.07, 6.45) is 1.08. The molecule has 5 nitrogen and oxygen atoms in total. The molecule has 0 spiro atoms. The zero-order valence-corrected chi connectivity index (χ0v) is 18.4. The summed E-state index contributed by atoms with van der Waals surface area (Å²) in [6, 6.07) is 12.0. The van der Waals surface area contributed by atoms with Crippen molar-refractivity contribution in [3.63, 3.8) is 0 Å². The van der Waals surface area contributed by atoms with Crippen LogP contribution in [0.4, 0.5) is 11.4 Å². The van der Waals surface area contributed by atoms with E-state index in [9.17, 15) is 9.59 Å². The van der Waals surface area contributed by atoms with Gasteiger partial charge in [0.1, 0.15) is 0 Å². The minimum absolute atomic E-state index is 0.131. The lowest BCUT2D eigenvalue weighted by molar-refractivity contribution is -0.119. The minimum Gasteiger partial charge on any atom is -0.325 e. The fourth-order valence-corrected chi connectivity index (χ4v) is 3.43. The summed E-state index contributed by atoms with van der Waals surface area (Å²) in [7, 11) is 1.76. The van der Waals surface area contributed by atoms with Gasteiger partial charge in [0.25, 0.3) is 0 Å². The van der Waals surface area contributed by atoms with Gasteiger partial charge in [-0.15, -0.1) is 0 Å². The molecule has 2 N–H and O–H groups in total. The fraction of sp³-hybridized carbons (Fsp3) is 0.417. The van der Waals surface area contributed by atoms with Gasteiger partial charge < -0.3 is 10.6 Å². The minimum atomic E-state index is -0.140. The highest BCUT2D eigenvalue weighted by molar-refractivity contribution is 5.95. The topological polar surface area (TPSA) is 61.4 Å². The van der Waals surface area contributed by atoms with E-state index in [0.29, 0.717) is 5.92 Å². The van der Waals surface area contributed by atoms with Crippen LogP contribution >= 0.6 is 0 Å². The fourth-order valence-electron chi connectivity index (χ4n) is 3.43. The summed E-state index contributed by atoms with van der Waals surface area (Å²) in [5, 5.41) is 5.86. The Morgan fingerprint density at radius 1 is 0.931 bits per heavy atom. The highest BCUT2D eigenvalue weighted by Crippen LogP contribution is 2.22. The van der Waals surface area contributed by atoms with Crippen LogP contribution in [0.25, 0.3) is 0 Å². The van der Waals surface area contributed by atoms with Gasteiger partial charge in [0, 0.05) is 11.4 Å². The van der Waals surface area contributed by atoms with Gasteiger partial charge in [-0.2, -0.15) is 0 Å². The van der Waals surface area contributed by atoms with Crippen LogP contribution in [0, 0.1) is 20.8 Å². The van der Waals surface area contributed by atoms with Gasteiger partial charge in [-0.1, -0.05) is 43.7 Å². The van der Waals surface area contributed by atoms with E-state index in [1.807, 2.05) is 57.2 Å². The van der Waals surface area contributed by atoms with E-state index in [-0.39, 0.29) is 24.9 Å². The summed E-state index contributed by atoms with van der Waals surface area (Å²) in [4.78, 5) is 26.4. The first-order valence-electron chi connectivity index (χ1n) is 10.2. The number of rotatable bonds is 8. The molecule has 0 fully saturated rings. The van der Waals surface area contributed by atoms with Gasteiger partial charge in [-0.3, -0.25) is 14.5 Å². The molecule has 0 saturated heterocycles. The SMILES string of the molecule is CC[C@@H](C)c1ccc(NC(=O)CN(C)CC(=O)Nc2c(C)cc(C)cc2C)cc1. The molecule has 0 radical (unpaired) electrons. The van der Waals surface area contributed by atoms with Gasteiger partial charge >= 0.3 is 0 Å². The van der Waals surface area contributed by atoms with E-state index < -0.39 is 0 Å². The van der Waals surface area contributed by atoms with Crippen molar-refractivity contribution in [1.29, 1.82) is 0 Å². The van der Waals surface area contributed by atoms with E-state index in [1.54, 1.807) is 11.9 Å². The van der Waals surface area contributed by atoms with Gasteiger partial charge in [0.15, 0.2) is 0 Å². The Kier molecular flexibility index (Phi) is 7.97. The number of aryl methyl sites for hydroxylation is 3. The van der Waals surface area contributed by atoms with Gasteiger partial charge in [-0.25, -0.2) is 0 Å². The van der Waals surface area contributed by atoms with E-state index in [2.05, 4.69) is 24.5 Å². The molecular weight excluding hydrogens is 362 g/mol. The Labute approximate surface area is 174 Å². The maximum Gasteiger partial charge on any atom is 0.238 e. The van der Waals surface area contributed by atoms with Crippen molar-refractivity contribution in [2.75, 3.05) is 30.8 Å². The van der Waals surface area contributed by atoms with Gasteiger partial charge in [0.2, 0.25) is 11.8 Å². The zero-order chi connectivity index (χ0) is 21.6. The van der Waals surface area contributed by atoms with Gasteiger partial charge in [-0.05, 0) is 69.0 Å². The lowest BCUT2D eigenvalue weighted by Gasteiger charge is -2.18. The molecule has 0 heterocycles. The molecule has 2 amide bonds. The number of benzene rings is 2. The Bertz CT molecular complexity index is 836. The molecule has 0 saturated carbocycles. The summed E-state index contributed by atoms with van der Waals surface area (Å²) in [5.74, 6) is 0.234. The van der Waals surface area contributed by atoms with Crippen LogP contribution in [-0.2, 0) is 9.59 Å². The second-order valence-electron chi connectivity index (χ2n) is 7.97. The maximum absolute atomic E-state index is 12.4. The molecule has 0 aliphatic rings. The highest BCUT2D eigenvalue weighted by atomic mass is 16.2. The summed E-state index contributed by atoms with van der Waals surface area (Å²) < 4.78 is 0. The van der Waals surface area contributed by atoms with E-state index >= 15 is 0 Å². The number of hydrogen-bond donors (Lipinski definition) is 2. The van der Waals surface area contributed by atoms with Crippen molar-refractivity contribution in [1.82, 2.24) is 4.90 Å². The summed E-state index contributed by atoms with van der Waals surface area (Å²) in [5.41, 5.74) is 6.13. The van der Waals surface area contributed by atoms with Crippen LogP contribution in [-0.4, -0.2) is 36.9 Å². The van der Waals surface area contributed by atoms with Crippen LogP contribution in [0.3, 0.4) is 0 Å². The average molecular weight is 396 g/mol. The molecule has 2 rings (SSSR count). The molecular formula is C24H33N3O2. The molecule has 5 heteroatoms. The Morgan fingerprint density at radius 3 is 1.97 bits per heavy atom. The van der Waals surface area contributed by atoms with Crippen LogP contribution < -0.4 is 10.6 Å². The number of amides is 2. The predicted octanol–water partition coefficient (Wildman–Crippen LogP) is 4.63. The molecule has 2 aromatic rings. The third-order valence-corrected chi connectivity index (χ3v) is 5.14. The molecule has 0 aromatic heterocycles. The molecule has 156 valence electrons. The van der Waals surface area contributed by atoms with Crippen molar-refractivity contribution in [2.45, 2.75) is 47.0 Å². The molecule has 2 aromatic carbocycles. The van der Waals surface area contributed by atoms with Crippen LogP contribution in [0.1, 0.15) is 48.4 Å². The number of nitrogens with one attached hydrogen (secondary N) is 2. The average Bonchev–Trinajstić information content (AvgIpc) is 2.64. The highest BCUT2D eigenvalue weighted by Gasteiger charge is 2.13. The summed E-state index contributed by atoms with van der Waals surface area (Å²) >= 11 is 0. The van der Waals surface area contributed by atoms with Gasteiger partial charge in [0.05, 0.1) is 13.1 Å². The van der Waals surface area contributed by atoms with Crippen molar-refractivity contribution in [2.24, 2.45) is 0 Å². The van der Waals surface area contributed by atoms with Crippen molar-refractivity contribution >= 4 is 23.2 Å². The summed E-state index contributed by atoms with van der Waals surface area (Å²) in [6.45, 7) is 10.6. The molecule has 0 aliphatic heterocycles. The zero-order valence-electron chi connectivity index (χ0n) is 18.4. The van der Waals surface area contributed by atoms with Crippen LogP contribution in [0.5, 0.6) is 0 Å². The van der Waals surface area contributed by atoms with E-state index in [4.69, 9.17) is 0 Å². The number of carbonyl (C=O) groups excluding carboxylic acids is 2. The Hall–Kier alpha value is -2.66. The number of nitrogens with zero attached hydrogens (tertiary/aromatic N) is 1. The third-order valence-electron chi connectivity index (χ3n) is 5.14. The second-order valence-corrected chi connectivity index (χ2v) is 7.97. The van der Waals surface area contributed by atoms with Crippen LogP contribution in [0.2, 0.25) is 0 Å². The first-order chi connectivity index (χ1) is 13.7. The van der Waals surface area contributed by atoms with E-state index in [1.165, 1.54) is 11.1 Å². The molecule has 0 unspecified atom stereocenters. The monoisotopic (exact) mass is 395 g/mol. The van der Waals surface area contributed by atoms with Crippen molar-refractivity contribution < 1.29 is 9.59 Å². The van der Waals surface area contributed by atoms with Crippen LogP contribution in [0.15, 0.2) is 36.4 Å². The second kappa shape index (κ2) is 10.2. The third kappa shape index (κ3) is 6.71. The number of likely N-dealkylation sites (N-methyl/N-ethyl adjacent to an activating group) is 1. The predicted molar refractivity (Wildman–Crippen MR) is 121 cm³/mol. The standard InChI is InChI=1S/C24H33N3O2/c1-7-17(3)20-8-10-21(11-9-20)25-22(28)14-27(6)15-23(29)26-24-18(4)12-16(2)13-19(24)5/h8-13,17H,7,14-15H2,1-6H3,(H,25,28)(H,26,29)/t17-/m1/s1. The lowest BCUT2D eigenvalue weighted by atomic mass is 9.99. The van der Waals surface area contributed by atoms with Crippen molar-refractivity contribution in [3.8, 4) is 0 Å². The smallest absolute Gasteiger partial charge is 0.238 e. The largest absolute Gasteiger partial charge is 0.325 e. The Balaban J connectivity index is 1.86. The maximum atomic E-state index is 12.4.